The van der Waals surface area contributed by atoms with Gasteiger partial charge in [0, 0.05) is 5.92 Å². The van der Waals surface area contributed by atoms with E-state index in [0.29, 0.717) is 0 Å². The second-order valence-corrected chi connectivity index (χ2v) is 4.56. The Morgan fingerprint density at radius 3 is 1.59 bits per heavy atom. The molecule has 0 saturated carbocycles. The SMILES string of the molecule is OCC(Cl)C(c1ccccc1)c1ccccc1. The number of aliphatic hydroxyl groups is 1. The third-order valence-electron chi connectivity index (χ3n) is 2.85. The smallest absolute Gasteiger partial charge is 0.0676 e. The number of rotatable bonds is 4. The number of halogens is 1. The predicted octanol–water partition coefficient (Wildman–Crippen LogP) is 3.42. The minimum Gasteiger partial charge on any atom is -0.395 e. The Bertz CT molecular complexity index is 401. The lowest BCUT2D eigenvalue weighted by molar-refractivity contribution is 0.285. The molecule has 2 aromatic rings. The van der Waals surface area contributed by atoms with Crippen molar-refractivity contribution in [2.24, 2.45) is 0 Å². The van der Waals surface area contributed by atoms with Crippen molar-refractivity contribution in [3.8, 4) is 0 Å². The maximum atomic E-state index is 9.30. The standard InChI is InChI=1S/C15H15ClO/c16-14(11-17)15(12-7-3-1-4-8-12)13-9-5-2-6-10-13/h1-10,14-15,17H,11H2. The third-order valence-corrected chi connectivity index (χ3v) is 3.24. The Balaban J connectivity index is 2.39. The molecule has 0 aliphatic heterocycles. The number of benzene rings is 2. The first kappa shape index (κ1) is 12.2. The highest BCUT2D eigenvalue weighted by atomic mass is 35.5. The number of hydrogen-bond donors (Lipinski definition) is 1. The molecule has 0 aliphatic rings. The van der Waals surface area contributed by atoms with Crippen molar-refractivity contribution in [1.29, 1.82) is 0 Å². The summed E-state index contributed by atoms with van der Waals surface area (Å²) in [5, 5.41) is 8.99. The Kier molecular flexibility index (Phi) is 4.18. The molecule has 0 saturated heterocycles. The molecular formula is C15H15ClO. The average Bonchev–Trinajstić information content (AvgIpc) is 2.41. The van der Waals surface area contributed by atoms with Gasteiger partial charge in [0.05, 0.1) is 12.0 Å². The van der Waals surface area contributed by atoms with E-state index in [1.54, 1.807) is 0 Å². The van der Waals surface area contributed by atoms with Crippen LogP contribution in [-0.2, 0) is 0 Å². The maximum Gasteiger partial charge on any atom is 0.0676 e. The molecule has 2 heteroatoms. The van der Waals surface area contributed by atoms with Crippen molar-refractivity contribution in [2.45, 2.75) is 11.3 Å². The van der Waals surface area contributed by atoms with Gasteiger partial charge >= 0.3 is 0 Å². The van der Waals surface area contributed by atoms with Gasteiger partial charge in [0.15, 0.2) is 0 Å². The fraction of sp³-hybridized carbons (Fsp3) is 0.200. The molecule has 2 aromatic carbocycles. The summed E-state index contributed by atoms with van der Waals surface area (Å²) in [4.78, 5) is 0. The zero-order valence-corrected chi connectivity index (χ0v) is 10.2. The topological polar surface area (TPSA) is 20.2 Å². The number of aliphatic hydroxyl groups excluding tert-OH is 1. The molecule has 1 unspecified atom stereocenters. The Hall–Kier alpha value is -1.31. The molecule has 0 heterocycles. The van der Waals surface area contributed by atoms with Crippen LogP contribution in [0.25, 0.3) is 0 Å². The van der Waals surface area contributed by atoms with E-state index < -0.39 is 0 Å². The lowest BCUT2D eigenvalue weighted by Gasteiger charge is -2.21. The van der Waals surface area contributed by atoms with E-state index in [4.69, 9.17) is 11.6 Å². The van der Waals surface area contributed by atoms with Crippen molar-refractivity contribution in [1.82, 2.24) is 0 Å². The van der Waals surface area contributed by atoms with Gasteiger partial charge in [-0.15, -0.1) is 11.6 Å². The highest BCUT2D eigenvalue weighted by Crippen LogP contribution is 2.30. The lowest BCUT2D eigenvalue weighted by atomic mass is 9.88. The van der Waals surface area contributed by atoms with Crippen LogP contribution in [0.2, 0.25) is 0 Å². The van der Waals surface area contributed by atoms with Gasteiger partial charge in [0.2, 0.25) is 0 Å². The second-order valence-electron chi connectivity index (χ2n) is 4.00. The minimum absolute atomic E-state index is 0.0315. The minimum atomic E-state index is -0.306. The fourth-order valence-electron chi connectivity index (χ4n) is 2.04. The molecule has 0 aromatic heterocycles. The zero-order chi connectivity index (χ0) is 12.1. The number of hydrogen-bond acceptors (Lipinski definition) is 1. The van der Waals surface area contributed by atoms with Crippen LogP contribution in [0.15, 0.2) is 60.7 Å². The molecule has 0 aliphatic carbocycles. The summed E-state index contributed by atoms with van der Waals surface area (Å²) in [6.07, 6.45) is 0. The molecule has 1 N–H and O–H groups in total. The van der Waals surface area contributed by atoms with Crippen LogP contribution in [0.5, 0.6) is 0 Å². The van der Waals surface area contributed by atoms with Crippen molar-refractivity contribution in [2.75, 3.05) is 6.61 Å². The normalized spacial score (nSPS) is 12.6. The molecule has 1 atom stereocenters. The van der Waals surface area contributed by atoms with E-state index in [1.807, 2.05) is 60.7 Å². The summed E-state index contributed by atoms with van der Waals surface area (Å²) in [6.45, 7) is -0.0317. The summed E-state index contributed by atoms with van der Waals surface area (Å²) in [5.74, 6) is 0.0315. The van der Waals surface area contributed by atoms with Gasteiger partial charge in [0.25, 0.3) is 0 Å². The van der Waals surface area contributed by atoms with Crippen LogP contribution in [0.3, 0.4) is 0 Å². The van der Waals surface area contributed by atoms with E-state index >= 15 is 0 Å². The summed E-state index contributed by atoms with van der Waals surface area (Å²) in [7, 11) is 0. The molecule has 0 fully saturated rings. The highest BCUT2D eigenvalue weighted by Gasteiger charge is 2.21. The van der Waals surface area contributed by atoms with Gasteiger partial charge in [-0.05, 0) is 11.1 Å². The molecule has 0 spiro atoms. The maximum absolute atomic E-state index is 9.30. The monoisotopic (exact) mass is 246 g/mol. The molecule has 0 radical (unpaired) electrons. The fourth-order valence-corrected chi connectivity index (χ4v) is 2.33. The first-order valence-corrected chi connectivity index (χ1v) is 6.11. The lowest BCUT2D eigenvalue weighted by Crippen LogP contribution is -2.18. The molecule has 88 valence electrons. The number of alkyl halides is 1. The van der Waals surface area contributed by atoms with Gasteiger partial charge in [-0.1, -0.05) is 60.7 Å². The van der Waals surface area contributed by atoms with Gasteiger partial charge in [0.1, 0.15) is 0 Å². The van der Waals surface area contributed by atoms with Crippen molar-refractivity contribution < 1.29 is 5.11 Å². The Morgan fingerprint density at radius 1 is 0.824 bits per heavy atom. The molecule has 0 amide bonds. The van der Waals surface area contributed by atoms with Gasteiger partial charge in [-0.2, -0.15) is 0 Å². The third kappa shape index (κ3) is 2.87. The van der Waals surface area contributed by atoms with Crippen LogP contribution < -0.4 is 0 Å². The Labute approximate surface area is 107 Å². The summed E-state index contributed by atoms with van der Waals surface area (Å²) >= 11 is 6.25. The van der Waals surface area contributed by atoms with Crippen LogP contribution in [0.1, 0.15) is 17.0 Å². The van der Waals surface area contributed by atoms with E-state index in [0.717, 1.165) is 11.1 Å². The van der Waals surface area contributed by atoms with Crippen LogP contribution in [-0.4, -0.2) is 17.1 Å². The molecule has 2 rings (SSSR count). The van der Waals surface area contributed by atoms with Gasteiger partial charge in [-0.3, -0.25) is 0 Å². The zero-order valence-electron chi connectivity index (χ0n) is 9.46. The van der Waals surface area contributed by atoms with Gasteiger partial charge < -0.3 is 5.11 Å². The first-order chi connectivity index (χ1) is 8.33. The quantitative estimate of drug-likeness (QED) is 0.820. The van der Waals surface area contributed by atoms with E-state index in [2.05, 4.69) is 0 Å². The second kappa shape index (κ2) is 5.85. The molecule has 0 bridgehead atoms. The summed E-state index contributed by atoms with van der Waals surface area (Å²) < 4.78 is 0. The highest BCUT2D eigenvalue weighted by molar-refractivity contribution is 6.21. The van der Waals surface area contributed by atoms with Crippen LogP contribution >= 0.6 is 11.6 Å². The Morgan fingerprint density at radius 2 is 1.24 bits per heavy atom. The largest absolute Gasteiger partial charge is 0.395 e. The molecule has 1 nitrogen and oxygen atoms in total. The van der Waals surface area contributed by atoms with Gasteiger partial charge in [-0.25, -0.2) is 0 Å². The molecule has 17 heavy (non-hydrogen) atoms. The van der Waals surface area contributed by atoms with Crippen LogP contribution in [0.4, 0.5) is 0 Å². The van der Waals surface area contributed by atoms with E-state index in [9.17, 15) is 5.11 Å². The predicted molar refractivity (Wildman–Crippen MR) is 71.5 cm³/mol. The average molecular weight is 247 g/mol. The van der Waals surface area contributed by atoms with Crippen molar-refractivity contribution in [3.05, 3.63) is 71.8 Å². The van der Waals surface area contributed by atoms with Crippen LogP contribution in [0, 0.1) is 0 Å². The summed E-state index contributed by atoms with van der Waals surface area (Å²) in [6, 6.07) is 20.1. The van der Waals surface area contributed by atoms with E-state index in [1.165, 1.54) is 0 Å². The van der Waals surface area contributed by atoms with Crippen molar-refractivity contribution in [3.63, 3.8) is 0 Å². The molecular weight excluding hydrogens is 232 g/mol. The first-order valence-electron chi connectivity index (χ1n) is 5.67. The summed E-state index contributed by atoms with van der Waals surface area (Å²) in [5.41, 5.74) is 2.26. The van der Waals surface area contributed by atoms with E-state index in [-0.39, 0.29) is 17.9 Å². The van der Waals surface area contributed by atoms with Crippen molar-refractivity contribution >= 4 is 11.6 Å².